The van der Waals surface area contributed by atoms with Crippen molar-refractivity contribution in [2.45, 2.75) is 59.1 Å². The summed E-state index contributed by atoms with van der Waals surface area (Å²) in [5, 5.41) is 10.4. The monoisotopic (exact) mass is 433 g/mol. The van der Waals surface area contributed by atoms with E-state index in [1.807, 2.05) is 13.0 Å². The molecule has 1 saturated heterocycles. The highest BCUT2D eigenvalue weighted by Crippen LogP contribution is 2.46. The van der Waals surface area contributed by atoms with Gasteiger partial charge in [-0.2, -0.15) is 0 Å². The van der Waals surface area contributed by atoms with Crippen molar-refractivity contribution < 1.29 is 9.84 Å². The number of nitrogens with zero attached hydrogens (tertiary/aromatic N) is 4. The Bertz CT molecular complexity index is 899. The normalized spacial score (nSPS) is 20.3. The molecular formula is C22H32ClN5O2. The maximum Gasteiger partial charge on any atom is 0.224 e. The number of hydrogen-bond acceptors (Lipinski definition) is 7. The van der Waals surface area contributed by atoms with Gasteiger partial charge in [0.25, 0.3) is 0 Å². The van der Waals surface area contributed by atoms with E-state index in [4.69, 9.17) is 32.0 Å². The Balaban J connectivity index is 0.00000256. The number of piperidine rings is 1. The zero-order valence-corrected chi connectivity index (χ0v) is 17.7. The van der Waals surface area contributed by atoms with Crippen molar-refractivity contribution in [2.75, 3.05) is 25.1 Å². The molecule has 30 heavy (non-hydrogen) atoms. The average Bonchev–Trinajstić information content (AvgIpc) is 3.08. The number of ether oxygens (including phenoxy) is 1. The molecule has 164 valence electrons. The third kappa shape index (κ3) is 3.98. The summed E-state index contributed by atoms with van der Waals surface area (Å²) in [6, 6.07) is 3.82. The Hall–Kier alpha value is -1.96. The molecule has 0 aromatic carbocycles. The van der Waals surface area contributed by atoms with Gasteiger partial charge in [0.05, 0.1) is 30.7 Å². The molecule has 0 radical (unpaired) electrons. The lowest BCUT2D eigenvalue weighted by Gasteiger charge is -2.42. The molecule has 8 heteroatoms. The first kappa shape index (κ1) is 22.7. The number of anilines is 1. The maximum absolute atomic E-state index is 10.0. The van der Waals surface area contributed by atoms with Crippen LogP contribution < -0.4 is 15.4 Å². The number of aryl methyl sites for hydroxylation is 1. The number of hydrogen-bond donors (Lipinski definition) is 2. The van der Waals surface area contributed by atoms with Gasteiger partial charge in [0.1, 0.15) is 10.8 Å². The van der Waals surface area contributed by atoms with E-state index >= 15 is 0 Å². The van der Waals surface area contributed by atoms with Gasteiger partial charge < -0.3 is 20.5 Å². The van der Waals surface area contributed by atoms with Crippen LogP contribution in [0.25, 0.3) is 11.3 Å². The Morgan fingerprint density at radius 1 is 1.23 bits per heavy atom. The highest BCUT2D eigenvalue weighted by Gasteiger charge is 2.43. The van der Waals surface area contributed by atoms with Crippen LogP contribution in [0.15, 0.2) is 12.1 Å². The van der Waals surface area contributed by atoms with Crippen LogP contribution in [-0.4, -0.2) is 46.3 Å². The summed E-state index contributed by atoms with van der Waals surface area (Å²) in [5.74, 6) is 1.15. The van der Waals surface area contributed by atoms with Crippen LogP contribution in [0.1, 0.15) is 50.9 Å². The molecule has 0 bridgehead atoms. The Kier molecular flexibility index (Phi) is 6.84. The molecule has 2 aromatic rings. The lowest BCUT2D eigenvalue weighted by Crippen LogP contribution is -2.47. The second-order valence-electron chi connectivity index (χ2n) is 8.12. The van der Waals surface area contributed by atoms with Gasteiger partial charge in [-0.05, 0) is 50.2 Å². The molecule has 7 nitrogen and oxygen atoms in total. The lowest BCUT2D eigenvalue weighted by atomic mass is 9.74. The fourth-order valence-corrected chi connectivity index (χ4v) is 5.00. The predicted octanol–water partition coefficient (Wildman–Crippen LogP) is 3.74. The third-order valence-corrected chi connectivity index (χ3v) is 6.79. The minimum Gasteiger partial charge on any atom is -0.480 e. The van der Waals surface area contributed by atoms with Crippen LogP contribution in [0.5, 0.6) is 5.88 Å². The molecule has 1 saturated carbocycles. The molecule has 3 N–H and O–H groups in total. The quantitative estimate of drug-likeness (QED) is 0.708. The number of methoxy groups -OCH3 is 1. The van der Waals surface area contributed by atoms with Crippen LogP contribution >= 0.6 is 11.6 Å². The molecular weight excluding hydrogens is 402 g/mol. The molecule has 1 spiro atoms. The zero-order chi connectivity index (χ0) is 20.6. The number of pyridine rings is 1. The van der Waals surface area contributed by atoms with Gasteiger partial charge in [-0.25, -0.2) is 15.0 Å². The smallest absolute Gasteiger partial charge is 0.224 e. The first-order valence-electron chi connectivity index (χ1n) is 10.2. The van der Waals surface area contributed by atoms with Gasteiger partial charge in [-0.3, -0.25) is 0 Å². The summed E-state index contributed by atoms with van der Waals surface area (Å²) in [6.07, 6.45) is 5.72. The summed E-state index contributed by atoms with van der Waals surface area (Å²) in [5.41, 5.74) is 9.37. The van der Waals surface area contributed by atoms with Crippen molar-refractivity contribution in [1.29, 1.82) is 0 Å². The number of halogens is 1. The molecule has 3 heterocycles. The van der Waals surface area contributed by atoms with E-state index < -0.39 is 0 Å². The van der Waals surface area contributed by atoms with Crippen molar-refractivity contribution in [3.63, 3.8) is 0 Å². The molecule has 0 amide bonds. The van der Waals surface area contributed by atoms with Crippen molar-refractivity contribution in [3.05, 3.63) is 28.7 Å². The van der Waals surface area contributed by atoms with Crippen molar-refractivity contribution in [1.82, 2.24) is 15.0 Å². The van der Waals surface area contributed by atoms with E-state index in [0.29, 0.717) is 34.0 Å². The summed E-state index contributed by atoms with van der Waals surface area (Å²) in [6.45, 7) is 3.51. The van der Waals surface area contributed by atoms with Crippen LogP contribution in [0.3, 0.4) is 0 Å². The molecule has 1 aliphatic carbocycles. The topological polar surface area (TPSA) is 97.4 Å². The van der Waals surface area contributed by atoms with E-state index in [1.54, 1.807) is 13.2 Å². The fourth-order valence-electron chi connectivity index (χ4n) is 4.86. The highest BCUT2D eigenvalue weighted by molar-refractivity contribution is 6.29. The van der Waals surface area contributed by atoms with Crippen molar-refractivity contribution in [3.8, 4) is 17.1 Å². The van der Waals surface area contributed by atoms with Crippen LogP contribution in [0.4, 0.5) is 5.82 Å². The molecule has 2 fully saturated rings. The van der Waals surface area contributed by atoms with Gasteiger partial charge in [-0.15, -0.1) is 0 Å². The van der Waals surface area contributed by atoms with Gasteiger partial charge in [0.15, 0.2) is 5.82 Å². The molecule has 1 atom stereocenters. The summed E-state index contributed by atoms with van der Waals surface area (Å²) in [7, 11) is 1.55. The van der Waals surface area contributed by atoms with Crippen LogP contribution in [0, 0.1) is 12.3 Å². The summed E-state index contributed by atoms with van der Waals surface area (Å²) < 4.78 is 5.37. The Labute approximate surface area is 183 Å². The highest BCUT2D eigenvalue weighted by atomic mass is 35.5. The van der Waals surface area contributed by atoms with Crippen molar-refractivity contribution >= 4 is 17.4 Å². The fraction of sp³-hybridized carbons (Fsp3) is 0.591. The minimum atomic E-state index is -0.180. The molecule has 2 aliphatic rings. The van der Waals surface area contributed by atoms with Crippen LogP contribution in [0.2, 0.25) is 5.15 Å². The number of rotatable bonds is 4. The second-order valence-corrected chi connectivity index (χ2v) is 8.51. The SMILES string of the molecule is C.COc1nc(Cl)ccc1-c1nc(CO)c(N2CCC3(CCC[C@H]3N)CC2)nc1C. The van der Waals surface area contributed by atoms with E-state index in [0.717, 1.165) is 43.9 Å². The van der Waals surface area contributed by atoms with Crippen LogP contribution in [-0.2, 0) is 6.61 Å². The summed E-state index contributed by atoms with van der Waals surface area (Å²) in [4.78, 5) is 16.0. The summed E-state index contributed by atoms with van der Waals surface area (Å²) >= 11 is 5.99. The second kappa shape index (κ2) is 9.04. The van der Waals surface area contributed by atoms with Crippen molar-refractivity contribution in [2.24, 2.45) is 11.1 Å². The van der Waals surface area contributed by atoms with E-state index in [1.165, 1.54) is 12.8 Å². The molecule has 0 unspecified atom stereocenters. The Morgan fingerprint density at radius 2 is 1.97 bits per heavy atom. The first-order valence-corrected chi connectivity index (χ1v) is 10.5. The molecule has 2 aromatic heterocycles. The van der Waals surface area contributed by atoms with Gasteiger partial charge >= 0.3 is 0 Å². The maximum atomic E-state index is 10.0. The number of nitrogens with two attached hydrogens (primary N) is 1. The van der Waals surface area contributed by atoms with E-state index in [-0.39, 0.29) is 19.4 Å². The average molecular weight is 434 g/mol. The molecule has 1 aliphatic heterocycles. The number of aromatic nitrogens is 3. The number of aliphatic hydroxyl groups excluding tert-OH is 1. The third-order valence-electron chi connectivity index (χ3n) is 6.58. The van der Waals surface area contributed by atoms with Gasteiger partial charge in [0.2, 0.25) is 5.88 Å². The number of aliphatic hydroxyl groups is 1. The lowest BCUT2D eigenvalue weighted by molar-refractivity contribution is 0.196. The van der Waals surface area contributed by atoms with Gasteiger partial charge in [0, 0.05) is 19.1 Å². The predicted molar refractivity (Wildman–Crippen MR) is 120 cm³/mol. The zero-order valence-electron chi connectivity index (χ0n) is 17.0. The standard InChI is InChI=1S/C21H28ClN5O2.CH4/c1-13-18(14-5-6-17(22)26-20(14)29-2)25-15(12-28)19(24-13)27-10-8-21(9-11-27)7-3-4-16(21)23;/h5-6,16,28H,3-4,7-12,23H2,1-2H3;1H4/t16-;/m1./s1. The van der Waals surface area contributed by atoms with E-state index in [2.05, 4.69) is 9.88 Å². The largest absolute Gasteiger partial charge is 0.480 e. The Morgan fingerprint density at radius 3 is 2.57 bits per heavy atom. The van der Waals surface area contributed by atoms with E-state index in [9.17, 15) is 5.11 Å². The first-order chi connectivity index (χ1) is 14.0. The molecule has 4 rings (SSSR count). The minimum absolute atomic E-state index is 0. The van der Waals surface area contributed by atoms with Gasteiger partial charge in [-0.1, -0.05) is 25.4 Å².